The Morgan fingerprint density at radius 2 is 2.31 bits per heavy atom. The predicted molar refractivity (Wildman–Crippen MR) is 47.8 cm³/mol. The Balaban J connectivity index is 2.70. The lowest BCUT2D eigenvalue weighted by Crippen LogP contribution is -1.98. The van der Waals surface area contributed by atoms with Crippen molar-refractivity contribution in [3.05, 3.63) is 6.33 Å². The van der Waals surface area contributed by atoms with Gasteiger partial charge in [0.15, 0.2) is 11.5 Å². The van der Waals surface area contributed by atoms with Gasteiger partial charge in [-0.25, -0.2) is 4.98 Å². The first kappa shape index (κ1) is 7.78. The minimum atomic E-state index is 0.320. The number of anilines is 1. The van der Waals surface area contributed by atoms with Crippen molar-refractivity contribution in [3.63, 3.8) is 0 Å². The summed E-state index contributed by atoms with van der Waals surface area (Å²) in [6.45, 7) is 0. The normalized spacial score (nSPS) is 10.3. The lowest BCUT2D eigenvalue weighted by molar-refractivity contribution is 0.382. The monoisotopic (exact) mass is 179 g/mol. The minimum absolute atomic E-state index is 0.320. The van der Waals surface area contributed by atoms with Crippen LogP contribution in [-0.2, 0) is 0 Å². The molecule has 0 bridgehead atoms. The number of H-pyrrole nitrogens is 1. The molecule has 0 saturated heterocycles. The van der Waals surface area contributed by atoms with Gasteiger partial charge in [-0.1, -0.05) is 0 Å². The highest BCUT2D eigenvalue weighted by atomic mass is 16.5. The van der Waals surface area contributed by atoms with Gasteiger partial charge in [0.2, 0.25) is 0 Å². The number of aromatic nitrogens is 4. The van der Waals surface area contributed by atoms with Crippen LogP contribution in [0.4, 0.5) is 5.82 Å². The Morgan fingerprint density at radius 3 is 3.00 bits per heavy atom. The number of hydrogen-bond donors (Lipinski definition) is 2. The van der Waals surface area contributed by atoms with Gasteiger partial charge in [-0.2, -0.15) is 9.97 Å². The molecule has 0 atom stereocenters. The molecule has 0 spiro atoms. The first-order valence-corrected chi connectivity index (χ1v) is 3.78. The van der Waals surface area contributed by atoms with Crippen LogP contribution in [0.5, 0.6) is 6.01 Å². The number of rotatable bonds is 2. The number of aromatic amines is 1. The third-order valence-corrected chi connectivity index (χ3v) is 1.68. The smallest absolute Gasteiger partial charge is 0.320 e. The van der Waals surface area contributed by atoms with E-state index in [1.54, 1.807) is 13.4 Å². The van der Waals surface area contributed by atoms with Crippen molar-refractivity contribution in [1.29, 1.82) is 0 Å². The molecule has 2 rings (SSSR count). The Morgan fingerprint density at radius 1 is 1.46 bits per heavy atom. The van der Waals surface area contributed by atoms with Crippen LogP contribution in [0.3, 0.4) is 0 Å². The van der Waals surface area contributed by atoms with E-state index in [2.05, 4.69) is 25.3 Å². The van der Waals surface area contributed by atoms with Gasteiger partial charge in [0.1, 0.15) is 5.52 Å². The van der Waals surface area contributed by atoms with Crippen LogP contribution < -0.4 is 10.1 Å². The fraction of sp³-hybridized carbons (Fsp3) is 0.286. The van der Waals surface area contributed by atoms with E-state index in [4.69, 9.17) is 4.74 Å². The van der Waals surface area contributed by atoms with Crippen molar-refractivity contribution in [3.8, 4) is 6.01 Å². The summed E-state index contributed by atoms with van der Waals surface area (Å²) in [6.07, 6.45) is 1.57. The standard InChI is InChI=1S/C7H9N5O/c1-8-5-4-6(10-3-9-4)12-7(11-5)13-2/h3H,1-2H3,(H2,8,9,10,11,12). The molecule has 0 fully saturated rings. The predicted octanol–water partition coefficient (Wildman–Crippen LogP) is 0.403. The largest absolute Gasteiger partial charge is 0.467 e. The zero-order chi connectivity index (χ0) is 9.26. The van der Waals surface area contributed by atoms with Crippen LogP contribution in [0.15, 0.2) is 6.33 Å². The zero-order valence-corrected chi connectivity index (χ0v) is 7.33. The Hall–Kier alpha value is -1.85. The second kappa shape index (κ2) is 2.89. The molecule has 6 nitrogen and oxygen atoms in total. The highest BCUT2D eigenvalue weighted by Crippen LogP contribution is 2.18. The summed E-state index contributed by atoms with van der Waals surface area (Å²) < 4.78 is 4.92. The van der Waals surface area contributed by atoms with Crippen molar-refractivity contribution >= 4 is 17.0 Å². The molecule has 0 aliphatic heterocycles. The van der Waals surface area contributed by atoms with Crippen molar-refractivity contribution < 1.29 is 4.74 Å². The van der Waals surface area contributed by atoms with Gasteiger partial charge < -0.3 is 15.0 Å². The molecule has 13 heavy (non-hydrogen) atoms. The van der Waals surface area contributed by atoms with Crippen LogP contribution in [0.1, 0.15) is 0 Å². The summed E-state index contributed by atoms with van der Waals surface area (Å²) in [5, 5.41) is 2.92. The average molecular weight is 179 g/mol. The Kier molecular flexibility index (Phi) is 1.73. The first-order chi connectivity index (χ1) is 6.35. The minimum Gasteiger partial charge on any atom is -0.467 e. The molecular formula is C7H9N5O. The van der Waals surface area contributed by atoms with Crippen LogP contribution >= 0.6 is 0 Å². The average Bonchev–Trinajstić information content (AvgIpc) is 2.63. The zero-order valence-electron chi connectivity index (χ0n) is 7.33. The molecule has 0 aliphatic rings. The van der Waals surface area contributed by atoms with Gasteiger partial charge in [-0.15, -0.1) is 0 Å². The molecule has 0 aromatic carbocycles. The molecule has 0 amide bonds. The molecule has 2 heterocycles. The number of methoxy groups -OCH3 is 1. The first-order valence-electron chi connectivity index (χ1n) is 3.78. The quantitative estimate of drug-likeness (QED) is 0.698. The molecule has 0 saturated carbocycles. The summed E-state index contributed by atoms with van der Waals surface area (Å²) in [6, 6.07) is 0.320. The topological polar surface area (TPSA) is 75.7 Å². The maximum absolute atomic E-state index is 4.92. The van der Waals surface area contributed by atoms with Crippen LogP contribution in [-0.4, -0.2) is 34.1 Å². The SMILES string of the molecule is CNc1nc(OC)nc2[nH]cnc12. The highest BCUT2D eigenvalue weighted by molar-refractivity contribution is 5.82. The van der Waals surface area contributed by atoms with E-state index in [-0.39, 0.29) is 0 Å². The maximum atomic E-state index is 4.92. The summed E-state index contributed by atoms with van der Waals surface area (Å²) in [7, 11) is 3.30. The molecule has 2 N–H and O–H groups in total. The number of fused-ring (bicyclic) bond motifs is 1. The summed E-state index contributed by atoms with van der Waals surface area (Å²) in [5.74, 6) is 0.656. The van der Waals surface area contributed by atoms with Gasteiger partial charge >= 0.3 is 6.01 Å². The molecule has 6 heteroatoms. The van der Waals surface area contributed by atoms with Crippen LogP contribution in [0, 0.1) is 0 Å². The third-order valence-electron chi connectivity index (χ3n) is 1.68. The molecule has 0 aliphatic carbocycles. The lowest BCUT2D eigenvalue weighted by Gasteiger charge is -2.01. The molecule has 2 aromatic rings. The number of imidazole rings is 1. The maximum Gasteiger partial charge on any atom is 0.320 e. The van der Waals surface area contributed by atoms with E-state index in [1.165, 1.54) is 7.11 Å². The highest BCUT2D eigenvalue weighted by Gasteiger charge is 2.07. The molecule has 0 radical (unpaired) electrons. The number of ether oxygens (including phenoxy) is 1. The number of hydrogen-bond acceptors (Lipinski definition) is 5. The van der Waals surface area contributed by atoms with Gasteiger partial charge in [0, 0.05) is 7.05 Å². The van der Waals surface area contributed by atoms with Gasteiger partial charge in [-0.3, -0.25) is 0 Å². The molecule has 68 valence electrons. The fourth-order valence-electron chi connectivity index (χ4n) is 1.08. The van der Waals surface area contributed by atoms with E-state index < -0.39 is 0 Å². The van der Waals surface area contributed by atoms with E-state index in [1.807, 2.05) is 0 Å². The van der Waals surface area contributed by atoms with Gasteiger partial charge in [0.25, 0.3) is 0 Å². The van der Waals surface area contributed by atoms with E-state index >= 15 is 0 Å². The van der Waals surface area contributed by atoms with Crippen molar-refractivity contribution in [2.45, 2.75) is 0 Å². The summed E-state index contributed by atoms with van der Waals surface area (Å²) >= 11 is 0. The second-order valence-electron chi connectivity index (χ2n) is 2.41. The third kappa shape index (κ3) is 1.16. The van der Waals surface area contributed by atoms with Gasteiger partial charge in [-0.05, 0) is 0 Å². The van der Waals surface area contributed by atoms with Crippen molar-refractivity contribution in [2.75, 3.05) is 19.5 Å². The number of nitrogens with one attached hydrogen (secondary N) is 2. The van der Waals surface area contributed by atoms with Crippen LogP contribution in [0.2, 0.25) is 0 Å². The van der Waals surface area contributed by atoms with E-state index in [9.17, 15) is 0 Å². The number of nitrogens with zero attached hydrogens (tertiary/aromatic N) is 3. The summed E-state index contributed by atoms with van der Waals surface area (Å²) in [5.41, 5.74) is 1.37. The molecule has 0 unspecified atom stereocenters. The summed E-state index contributed by atoms with van der Waals surface area (Å²) in [4.78, 5) is 15.1. The molecular weight excluding hydrogens is 170 g/mol. The van der Waals surface area contributed by atoms with Crippen LogP contribution in [0.25, 0.3) is 11.2 Å². The lowest BCUT2D eigenvalue weighted by atomic mass is 10.5. The fourth-order valence-corrected chi connectivity index (χ4v) is 1.08. The van der Waals surface area contributed by atoms with Gasteiger partial charge in [0.05, 0.1) is 13.4 Å². The van der Waals surface area contributed by atoms with E-state index in [0.717, 1.165) is 0 Å². The van der Waals surface area contributed by atoms with Crippen molar-refractivity contribution in [2.24, 2.45) is 0 Å². The Labute approximate surface area is 74.4 Å². The second-order valence-corrected chi connectivity index (χ2v) is 2.41. The van der Waals surface area contributed by atoms with E-state index in [0.29, 0.717) is 23.0 Å². The Bertz CT molecular complexity index is 424. The van der Waals surface area contributed by atoms with Crippen molar-refractivity contribution in [1.82, 2.24) is 19.9 Å². The molecule has 2 aromatic heterocycles.